The van der Waals surface area contributed by atoms with Crippen molar-refractivity contribution in [3.05, 3.63) is 28.3 Å². The zero-order chi connectivity index (χ0) is 13.5. The van der Waals surface area contributed by atoms with Crippen LogP contribution in [0, 0.1) is 13.8 Å². The number of aryl methyl sites for hydroxylation is 2. The summed E-state index contributed by atoms with van der Waals surface area (Å²) in [4.78, 5) is 2.09. The standard InChI is InChI=1S/C14H22ClNO2/c1-11-9-13(15)10-12(2)14(11)18-8-7-17-6-5-16(3)4/h9-10H,5-8H2,1-4H3. The molecule has 0 spiro atoms. The predicted octanol–water partition coefficient (Wildman–Crippen LogP) is 2.91. The average Bonchev–Trinajstić information content (AvgIpc) is 2.25. The number of benzene rings is 1. The van der Waals surface area contributed by atoms with E-state index in [4.69, 9.17) is 21.1 Å². The quantitative estimate of drug-likeness (QED) is 0.712. The molecule has 18 heavy (non-hydrogen) atoms. The van der Waals surface area contributed by atoms with Gasteiger partial charge in [-0.2, -0.15) is 0 Å². The van der Waals surface area contributed by atoms with Crippen molar-refractivity contribution in [3.63, 3.8) is 0 Å². The number of likely N-dealkylation sites (N-methyl/N-ethyl adjacent to an activating group) is 1. The summed E-state index contributed by atoms with van der Waals surface area (Å²) in [6.07, 6.45) is 0. The minimum Gasteiger partial charge on any atom is -0.491 e. The summed E-state index contributed by atoms with van der Waals surface area (Å²) in [7, 11) is 4.06. The van der Waals surface area contributed by atoms with Crippen LogP contribution in [0.1, 0.15) is 11.1 Å². The Bertz CT molecular complexity index is 357. The first-order chi connectivity index (χ1) is 8.50. The van der Waals surface area contributed by atoms with Gasteiger partial charge in [-0.1, -0.05) is 11.6 Å². The highest BCUT2D eigenvalue weighted by atomic mass is 35.5. The van der Waals surface area contributed by atoms with Gasteiger partial charge in [0.25, 0.3) is 0 Å². The second-order valence-corrected chi connectivity index (χ2v) is 5.07. The van der Waals surface area contributed by atoms with E-state index in [1.54, 1.807) is 0 Å². The van der Waals surface area contributed by atoms with E-state index >= 15 is 0 Å². The molecule has 0 heterocycles. The van der Waals surface area contributed by atoms with E-state index in [9.17, 15) is 0 Å². The minimum atomic E-state index is 0.566. The van der Waals surface area contributed by atoms with E-state index in [0.29, 0.717) is 13.2 Å². The Balaban J connectivity index is 2.31. The summed E-state index contributed by atoms with van der Waals surface area (Å²) >= 11 is 5.97. The summed E-state index contributed by atoms with van der Waals surface area (Å²) in [5.74, 6) is 0.913. The van der Waals surface area contributed by atoms with Crippen LogP contribution in [0.5, 0.6) is 5.75 Å². The van der Waals surface area contributed by atoms with Crippen molar-refractivity contribution in [2.24, 2.45) is 0 Å². The Morgan fingerprint density at radius 1 is 1.06 bits per heavy atom. The normalized spacial score (nSPS) is 11.0. The van der Waals surface area contributed by atoms with Crippen molar-refractivity contribution in [1.29, 1.82) is 0 Å². The fourth-order valence-corrected chi connectivity index (χ4v) is 2.00. The van der Waals surface area contributed by atoms with E-state index in [1.807, 2.05) is 40.1 Å². The first kappa shape index (κ1) is 15.3. The fraction of sp³-hybridized carbons (Fsp3) is 0.571. The molecule has 1 rings (SSSR count). The molecule has 1 aromatic rings. The summed E-state index contributed by atoms with van der Waals surface area (Å²) in [5.41, 5.74) is 2.13. The van der Waals surface area contributed by atoms with E-state index in [2.05, 4.69) is 4.90 Å². The van der Waals surface area contributed by atoms with Gasteiger partial charge in [0.1, 0.15) is 12.4 Å². The van der Waals surface area contributed by atoms with Gasteiger partial charge in [-0.05, 0) is 51.2 Å². The van der Waals surface area contributed by atoms with E-state index < -0.39 is 0 Å². The average molecular weight is 272 g/mol. The first-order valence-corrected chi connectivity index (χ1v) is 6.50. The lowest BCUT2D eigenvalue weighted by Crippen LogP contribution is -2.19. The zero-order valence-electron chi connectivity index (χ0n) is 11.6. The van der Waals surface area contributed by atoms with Crippen LogP contribution in [0.15, 0.2) is 12.1 Å². The number of rotatable bonds is 7. The lowest BCUT2D eigenvalue weighted by atomic mass is 10.1. The third-order valence-corrected chi connectivity index (χ3v) is 2.80. The molecule has 0 bridgehead atoms. The van der Waals surface area contributed by atoms with Crippen LogP contribution in [0.25, 0.3) is 0 Å². The number of halogens is 1. The molecule has 0 saturated heterocycles. The van der Waals surface area contributed by atoms with Crippen molar-refractivity contribution in [1.82, 2.24) is 4.90 Å². The van der Waals surface area contributed by atoms with Gasteiger partial charge in [-0.3, -0.25) is 0 Å². The van der Waals surface area contributed by atoms with Crippen LogP contribution in [0.4, 0.5) is 0 Å². The maximum absolute atomic E-state index is 5.97. The fourth-order valence-electron chi connectivity index (χ4n) is 1.68. The number of ether oxygens (including phenoxy) is 2. The van der Waals surface area contributed by atoms with Crippen molar-refractivity contribution < 1.29 is 9.47 Å². The monoisotopic (exact) mass is 271 g/mol. The molecule has 0 amide bonds. The van der Waals surface area contributed by atoms with Crippen molar-refractivity contribution in [3.8, 4) is 5.75 Å². The SMILES string of the molecule is Cc1cc(Cl)cc(C)c1OCCOCCN(C)C. The lowest BCUT2D eigenvalue weighted by molar-refractivity contribution is 0.0886. The molecular formula is C14H22ClNO2. The molecule has 0 aliphatic rings. The first-order valence-electron chi connectivity index (χ1n) is 6.12. The molecule has 102 valence electrons. The van der Waals surface area contributed by atoms with Crippen LogP contribution in [0.3, 0.4) is 0 Å². The predicted molar refractivity (Wildman–Crippen MR) is 75.8 cm³/mol. The van der Waals surface area contributed by atoms with Crippen molar-refractivity contribution in [2.75, 3.05) is 40.5 Å². The summed E-state index contributed by atoms with van der Waals surface area (Å²) in [5, 5.41) is 0.750. The number of hydrogen-bond donors (Lipinski definition) is 0. The molecule has 0 atom stereocenters. The molecule has 0 aliphatic carbocycles. The van der Waals surface area contributed by atoms with E-state index in [1.165, 1.54) is 0 Å². The Morgan fingerprint density at radius 2 is 1.67 bits per heavy atom. The maximum Gasteiger partial charge on any atom is 0.125 e. The number of hydrogen-bond acceptors (Lipinski definition) is 3. The van der Waals surface area contributed by atoms with Crippen LogP contribution in [-0.4, -0.2) is 45.4 Å². The molecular weight excluding hydrogens is 250 g/mol. The molecule has 4 heteroatoms. The molecule has 0 fully saturated rings. The second-order valence-electron chi connectivity index (χ2n) is 4.63. The van der Waals surface area contributed by atoms with Crippen LogP contribution in [-0.2, 0) is 4.74 Å². The molecule has 0 radical (unpaired) electrons. The van der Waals surface area contributed by atoms with Gasteiger partial charge < -0.3 is 14.4 Å². The highest BCUT2D eigenvalue weighted by Crippen LogP contribution is 2.26. The van der Waals surface area contributed by atoms with Crippen molar-refractivity contribution >= 4 is 11.6 Å². The highest BCUT2D eigenvalue weighted by Gasteiger charge is 2.05. The van der Waals surface area contributed by atoms with Gasteiger partial charge in [-0.15, -0.1) is 0 Å². The van der Waals surface area contributed by atoms with Gasteiger partial charge in [0, 0.05) is 11.6 Å². The van der Waals surface area contributed by atoms with Gasteiger partial charge in [-0.25, -0.2) is 0 Å². The molecule has 0 aliphatic heterocycles. The Hall–Kier alpha value is -0.770. The van der Waals surface area contributed by atoms with E-state index in [0.717, 1.165) is 35.1 Å². The van der Waals surface area contributed by atoms with Gasteiger partial charge in [0.05, 0.1) is 13.2 Å². The van der Waals surface area contributed by atoms with Crippen LogP contribution < -0.4 is 4.74 Å². The zero-order valence-corrected chi connectivity index (χ0v) is 12.4. The lowest BCUT2D eigenvalue weighted by Gasteiger charge is -2.13. The maximum atomic E-state index is 5.97. The van der Waals surface area contributed by atoms with Crippen LogP contribution in [0.2, 0.25) is 5.02 Å². The van der Waals surface area contributed by atoms with Gasteiger partial charge >= 0.3 is 0 Å². The minimum absolute atomic E-state index is 0.566. The third-order valence-electron chi connectivity index (χ3n) is 2.58. The second kappa shape index (κ2) is 7.62. The third kappa shape index (κ3) is 5.25. The molecule has 3 nitrogen and oxygen atoms in total. The largest absolute Gasteiger partial charge is 0.491 e. The van der Waals surface area contributed by atoms with Gasteiger partial charge in [0.2, 0.25) is 0 Å². The summed E-state index contributed by atoms with van der Waals surface area (Å²) in [6.45, 7) is 6.84. The molecule has 1 aromatic carbocycles. The van der Waals surface area contributed by atoms with Gasteiger partial charge in [0.15, 0.2) is 0 Å². The summed E-state index contributed by atoms with van der Waals surface area (Å²) < 4.78 is 11.2. The Morgan fingerprint density at radius 3 is 2.22 bits per heavy atom. The summed E-state index contributed by atoms with van der Waals surface area (Å²) in [6, 6.07) is 3.83. The smallest absolute Gasteiger partial charge is 0.125 e. The molecule has 0 aromatic heterocycles. The van der Waals surface area contributed by atoms with E-state index in [-0.39, 0.29) is 0 Å². The highest BCUT2D eigenvalue weighted by molar-refractivity contribution is 6.30. The topological polar surface area (TPSA) is 21.7 Å². The molecule has 0 saturated carbocycles. The Kier molecular flexibility index (Phi) is 6.47. The Labute approximate surface area is 115 Å². The molecule has 0 unspecified atom stereocenters. The number of nitrogens with zero attached hydrogens (tertiary/aromatic N) is 1. The molecule has 0 N–H and O–H groups in total. The van der Waals surface area contributed by atoms with Crippen LogP contribution >= 0.6 is 11.6 Å². The van der Waals surface area contributed by atoms with Crippen molar-refractivity contribution in [2.45, 2.75) is 13.8 Å².